The van der Waals surface area contributed by atoms with E-state index in [-0.39, 0.29) is 5.69 Å². The molecule has 0 saturated carbocycles. The van der Waals surface area contributed by atoms with Crippen LogP contribution in [0.2, 0.25) is 0 Å². The highest BCUT2D eigenvalue weighted by molar-refractivity contribution is 5.96. The minimum Gasteiger partial charge on any atom is -0.494 e. The highest BCUT2D eigenvalue weighted by Gasteiger charge is 2.16. The Morgan fingerprint density at radius 1 is 1.14 bits per heavy atom. The van der Waals surface area contributed by atoms with Crippen LogP contribution in [0.3, 0.4) is 0 Å². The van der Waals surface area contributed by atoms with Gasteiger partial charge in [-0.05, 0) is 49.6 Å². The summed E-state index contributed by atoms with van der Waals surface area (Å²) >= 11 is 0. The lowest BCUT2D eigenvalue weighted by Gasteiger charge is -2.10. The van der Waals surface area contributed by atoms with E-state index in [0.717, 1.165) is 6.42 Å². The molecule has 0 heterocycles. The number of benzene rings is 2. The van der Waals surface area contributed by atoms with E-state index in [9.17, 15) is 19.7 Å². The average Bonchev–Trinajstić information content (AvgIpc) is 2.67. The van der Waals surface area contributed by atoms with Crippen LogP contribution >= 0.6 is 0 Å². The number of ether oxygens (including phenoxy) is 2. The van der Waals surface area contributed by atoms with Crippen molar-refractivity contribution in [2.45, 2.75) is 27.2 Å². The second kappa shape index (κ2) is 10.2. The molecule has 0 aliphatic carbocycles. The molecule has 2 rings (SSSR count). The van der Waals surface area contributed by atoms with Gasteiger partial charge in [-0.2, -0.15) is 0 Å². The van der Waals surface area contributed by atoms with Gasteiger partial charge in [0, 0.05) is 6.07 Å². The lowest BCUT2D eigenvalue weighted by molar-refractivity contribution is -0.385. The molecule has 0 atom stereocenters. The number of nitro groups is 1. The molecule has 0 unspecified atom stereocenters. The van der Waals surface area contributed by atoms with Crippen molar-refractivity contribution in [1.29, 1.82) is 0 Å². The van der Waals surface area contributed by atoms with E-state index in [1.165, 1.54) is 19.1 Å². The average molecular weight is 400 g/mol. The van der Waals surface area contributed by atoms with Gasteiger partial charge in [-0.3, -0.25) is 14.9 Å². The highest BCUT2D eigenvalue weighted by Crippen LogP contribution is 2.25. The van der Waals surface area contributed by atoms with Crippen molar-refractivity contribution in [3.63, 3.8) is 0 Å². The molecule has 0 spiro atoms. The Hall–Kier alpha value is -3.42. The van der Waals surface area contributed by atoms with Crippen molar-refractivity contribution in [3.8, 4) is 5.75 Å². The van der Waals surface area contributed by atoms with E-state index in [1.807, 2.05) is 0 Å². The van der Waals surface area contributed by atoms with Gasteiger partial charge < -0.3 is 14.8 Å². The fourth-order valence-electron chi connectivity index (χ4n) is 2.46. The molecule has 0 aliphatic heterocycles. The number of rotatable bonds is 9. The topological polar surface area (TPSA) is 108 Å². The summed E-state index contributed by atoms with van der Waals surface area (Å²) in [6.45, 7) is 5.84. The Labute approximate surface area is 169 Å². The zero-order chi connectivity index (χ0) is 21.4. The van der Waals surface area contributed by atoms with Gasteiger partial charge in [-0.25, -0.2) is 4.79 Å². The first-order chi connectivity index (χ1) is 13.8. The van der Waals surface area contributed by atoms with Crippen molar-refractivity contribution >= 4 is 23.3 Å². The fourth-order valence-corrected chi connectivity index (χ4v) is 2.46. The molecule has 2 aromatic rings. The number of carbonyl (C=O) groups is 2. The Balaban J connectivity index is 1.86. The fraction of sp³-hybridized carbons (Fsp3) is 0.333. The summed E-state index contributed by atoms with van der Waals surface area (Å²) in [5.74, 6) is -0.0393. The lowest BCUT2D eigenvalue weighted by atomic mass is 10.1. The normalized spacial score (nSPS) is 10.5. The molecular formula is C21H24N2O6. The summed E-state index contributed by atoms with van der Waals surface area (Å²) in [7, 11) is 0. The zero-order valence-electron chi connectivity index (χ0n) is 16.6. The number of nitrogens with zero attached hydrogens (tertiary/aromatic N) is 1. The second-order valence-corrected chi connectivity index (χ2v) is 6.89. The first kappa shape index (κ1) is 21.9. The molecule has 0 bridgehead atoms. The number of amides is 1. The van der Waals surface area contributed by atoms with Gasteiger partial charge in [0.1, 0.15) is 5.75 Å². The quantitative estimate of drug-likeness (QED) is 0.385. The van der Waals surface area contributed by atoms with Crippen LogP contribution in [-0.4, -0.2) is 30.0 Å². The van der Waals surface area contributed by atoms with Crippen LogP contribution in [0.1, 0.15) is 36.2 Å². The first-order valence-corrected chi connectivity index (χ1v) is 9.21. The summed E-state index contributed by atoms with van der Waals surface area (Å²) in [4.78, 5) is 34.6. The third-order valence-electron chi connectivity index (χ3n) is 4.16. The van der Waals surface area contributed by atoms with Gasteiger partial charge in [0.2, 0.25) is 0 Å². The number of esters is 1. The van der Waals surface area contributed by atoms with Gasteiger partial charge in [0.25, 0.3) is 11.6 Å². The molecule has 8 nitrogen and oxygen atoms in total. The van der Waals surface area contributed by atoms with Crippen molar-refractivity contribution in [2.24, 2.45) is 5.92 Å². The molecule has 8 heteroatoms. The maximum atomic E-state index is 12.1. The largest absolute Gasteiger partial charge is 0.494 e. The summed E-state index contributed by atoms with van der Waals surface area (Å²) < 4.78 is 10.6. The number of hydrogen-bond acceptors (Lipinski definition) is 6. The molecule has 0 aliphatic rings. The molecule has 0 aromatic heterocycles. The second-order valence-electron chi connectivity index (χ2n) is 6.89. The molecule has 29 heavy (non-hydrogen) atoms. The Bertz CT molecular complexity index is 877. The molecule has 154 valence electrons. The summed E-state index contributed by atoms with van der Waals surface area (Å²) in [6.07, 6.45) is 0.933. The standard InChI is InChI=1S/C21H24N2O6/c1-14(2)11-12-28-17-9-7-16(8-10-17)21(25)29-13-20(24)22-18-5-4-6-19(15(18)3)23(26)27/h4-10,14H,11-13H2,1-3H3,(H,22,24). The maximum absolute atomic E-state index is 12.1. The number of nitrogens with one attached hydrogen (secondary N) is 1. The third-order valence-corrected chi connectivity index (χ3v) is 4.16. The van der Waals surface area contributed by atoms with Crippen LogP contribution in [0.25, 0.3) is 0 Å². The van der Waals surface area contributed by atoms with E-state index in [2.05, 4.69) is 19.2 Å². The molecule has 2 aromatic carbocycles. The number of carbonyl (C=O) groups excluding carboxylic acids is 2. The number of nitro benzene ring substituents is 1. The maximum Gasteiger partial charge on any atom is 0.338 e. The van der Waals surface area contributed by atoms with Gasteiger partial charge in [0.15, 0.2) is 6.61 Å². The molecule has 0 saturated heterocycles. The Morgan fingerprint density at radius 2 is 1.83 bits per heavy atom. The number of hydrogen-bond donors (Lipinski definition) is 1. The van der Waals surface area contributed by atoms with Crippen LogP contribution < -0.4 is 10.1 Å². The molecular weight excluding hydrogens is 376 g/mol. The minimum absolute atomic E-state index is 0.101. The van der Waals surface area contributed by atoms with Crippen LogP contribution in [0.15, 0.2) is 42.5 Å². The Kier molecular flexibility index (Phi) is 7.70. The molecule has 1 amide bonds. The lowest BCUT2D eigenvalue weighted by Crippen LogP contribution is -2.21. The van der Waals surface area contributed by atoms with E-state index in [1.54, 1.807) is 30.3 Å². The zero-order valence-corrected chi connectivity index (χ0v) is 16.6. The first-order valence-electron chi connectivity index (χ1n) is 9.21. The van der Waals surface area contributed by atoms with E-state index < -0.39 is 23.4 Å². The summed E-state index contributed by atoms with van der Waals surface area (Å²) in [6, 6.07) is 10.8. The molecule has 1 N–H and O–H groups in total. The van der Waals surface area contributed by atoms with Crippen molar-refractivity contribution in [2.75, 3.05) is 18.5 Å². The van der Waals surface area contributed by atoms with Crippen molar-refractivity contribution in [3.05, 3.63) is 63.7 Å². The van der Waals surface area contributed by atoms with Crippen molar-refractivity contribution in [1.82, 2.24) is 0 Å². The Morgan fingerprint density at radius 3 is 2.45 bits per heavy atom. The minimum atomic E-state index is -0.648. The third kappa shape index (κ3) is 6.60. The SMILES string of the molecule is Cc1c(NC(=O)COC(=O)c2ccc(OCCC(C)C)cc2)cccc1[N+](=O)[O-]. The highest BCUT2D eigenvalue weighted by atomic mass is 16.6. The summed E-state index contributed by atoms with van der Waals surface area (Å²) in [5.41, 5.74) is 0.810. The van der Waals surface area contributed by atoms with Crippen LogP contribution in [-0.2, 0) is 9.53 Å². The molecule has 0 radical (unpaired) electrons. The molecule has 0 fully saturated rings. The van der Waals surface area contributed by atoms with Gasteiger partial charge in [-0.1, -0.05) is 19.9 Å². The van der Waals surface area contributed by atoms with Crippen molar-refractivity contribution < 1.29 is 24.0 Å². The van der Waals surface area contributed by atoms with Gasteiger partial charge in [-0.15, -0.1) is 0 Å². The predicted octanol–water partition coefficient (Wildman–Crippen LogP) is 4.12. The smallest absolute Gasteiger partial charge is 0.338 e. The number of anilines is 1. The predicted molar refractivity (Wildman–Crippen MR) is 108 cm³/mol. The van der Waals surface area contributed by atoms with E-state index >= 15 is 0 Å². The van der Waals surface area contributed by atoms with Gasteiger partial charge >= 0.3 is 5.97 Å². The monoisotopic (exact) mass is 400 g/mol. The van der Waals surface area contributed by atoms with E-state index in [4.69, 9.17) is 9.47 Å². The van der Waals surface area contributed by atoms with Crippen LogP contribution in [0, 0.1) is 23.0 Å². The van der Waals surface area contributed by atoms with Gasteiger partial charge in [0.05, 0.1) is 28.3 Å². The van der Waals surface area contributed by atoms with Crippen LogP contribution in [0.5, 0.6) is 5.75 Å². The van der Waals surface area contributed by atoms with E-state index in [0.29, 0.717) is 35.1 Å². The summed E-state index contributed by atoms with van der Waals surface area (Å²) in [5, 5.41) is 13.5. The van der Waals surface area contributed by atoms with Crippen LogP contribution in [0.4, 0.5) is 11.4 Å².